The van der Waals surface area contributed by atoms with E-state index in [4.69, 9.17) is 4.74 Å². The van der Waals surface area contributed by atoms with Crippen molar-refractivity contribution in [2.24, 2.45) is 0 Å². The van der Waals surface area contributed by atoms with E-state index in [0.717, 1.165) is 24.8 Å². The maximum absolute atomic E-state index is 11.4. The zero-order valence-corrected chi connectivity index (χ0v) is 13.5. The second-order valence-corrected chi connectivity index (χ2v) is 6.30. The number of ether oxygens (including phenoxy) is 1. The van der Waals surface area contributed by atoms with Crippen molar-refractivity contribution in [1.82, 2.24) is 0 Å². The van der Waals surface area contributed by atoms with Gasteiger partial charge in [0.2, 0.25) is 0 Å². The molecule has 3 nitrogen and oxygen atoms in total. The molecule has 0 bridgehead atoms. The summed E-state index contributed by atoms with van der Waals surface area (Å²) in [5.41, 5.74) is 0.240. The lowest BCUT2D eigenvalue weighted by Gasteiger charge is -2.44. The largest absolute Gasteiger partial charge is 0.482 e. The van der Waals surface area contributed by atoms with Crippen LogP contribution < -0.4 is 4.74 Å². The number of fused-ring (bicyclic) bond motifs is 1. The van der Waals surface area contributed by atoms with Crippen LogP contribution in [0.3, 0.4) is 0 Å². The third-order valence-corrected chi connectivity index (χ3v) is 4.67. The first-order valence-electron chi connectivity index (χ1n) is 8.38. The molecule has 3 unspecified atom stereocenters. The zero-order chi connectivity index (χ0) is 16.3. The van der Waals surface area contributed by atoms with Crippen molar-refractivity contribution in [3.8, 4) is 5.75 Å². The molecule has 0 saturated heterocycles. The van der Waals surface area contributed by atoms with Crippen LogP contribution in [0.5, 0.6) is 5.75 Å². The molecule has 3 atom stereocenters. The number of aliphatic hydroxyl groups is 2. The molecule has 2 N–H and O–H groups in total. The van der Waals surface area contributed by atoms with Crippen molar-refractivity contribution in [3.63, 3.8) is 0 Å². The average molecular weight is 312 g/mol. The zero-order valence-electron chi connectivity index (χ0n) is 13.5. The Morgan fingerprint density at radius 1 is 1.00 bits per heavy atom. The van der Waals surface area contributed by atoms with Gasteiger partial charge in [0.25, 0.3) is 0 Å². The molecule has 1 aliphatic heterocycles. The smallest absolute Gasteiger partial charge is 0.155 e. The Balaban J connectivity index is 2.00. The van der Waals surface area contributed by atoms with E-state index in [0.29, 0.717) is 17.7 Å². The number of rotatable bonds is 5. The molecule has 2 aromatic rings. The molecule has 3 heteroatoms. The maximum atomic E-state index is 11.4. The highest BCUT2D eigenvalue weighted by Gasteiger charge is 2.50. The summed E-state index contributed by atoms with van der Waals surface area (Å²) in [6, 6.07) is 17.1. The molecule has 122 valence electrons. The minimum Gasteiger partial charge on any atom is -0.482 e. The van der Waals surface area contributed by atoms with Crippen LogP contribution in [0.4, 0.5) is 0 Å². The summed E-state index contributed by atoms with van der Waals surface area (Å²) < 4.78 is 6.12. The Morgan fingerprint density at radius 2 is 1.70 bits per heavy atom. The summed E-state index contributed by atoms with van der Waals surface area (Å²) in [5.74, 6) is 0.647. The van der Waals surface area contributed by atoms with Crippen molar-refractivity contribution in [1.29, 1.82) is 0 Å². The summed E-state index contributed by atoms with van der Waals surface area (Å²) >= 11 is 0. The summed E-state index contributed by atoms with van der Waals surface area (Å²) in [4.78, 5) is 0. The van der Waals surface area contributed by atoms with Crippen LogP contribution >= 0.6 is 0 Å². The van der Waals surface area contributed by atoms with E-state index in [1.165, 1.54) is 0 Å². The van der Waals surface area contributed by atoms with Crippen LogP contribution in [0, 0.1) is 0 Å². The SMILES string of the molecule is CCCCCC1(O)C(O)c2ccccc2OC1c1ccccc1. The fourth-order valence-corrected chi connectivity index (χ4v) is 3.37. The molecule has 0 aliphatic carbocycles. The van der Waals surface area contributed by atoms with Gasteiger partial charge in [0.05, 0.1) is 0 Å². The van der Waals surface area contributed by atoms with Crippen LogP contribution in [0.2, 0.25) is 0 Å². The van der Waals surface area contributed by atoms with Crippen molar-refractivity contribution >= 4 is 0 Å². The standard InChI is InChI=1S/C20H24O3/c1-2-3-9-14-20(22)18(21)16-12-7-8-13-17(16)23-19(20)15-10-5-4-6-11-15/h4-8,10-13,18-19,21-22H,2-3,9,14H2,1H3. The van der Waals surface area contributed by atoms with Gasteiger partial charge in [0, 0.05) is 5.56 Å². The molecule has 0 fully saturated rings. The first-order chi connectivity index (χ1) is 11.2. The van der Waals surface area contributed by atoms with Gasteiger partial charge in [-0.25, -0.2) is 0 Å². The molecule has 0 aromatic heterocycles. The van der Waals surface area contributed by atoms with Gasteiger partial charge in [-0.05, 0) is 18.1 Å². The van der Waals surface area contributed by atoms with Gasteiger partial charge in [0.15, 0.2) is 6.10 Å². The molecule has 1 heterocycles. The fourth-order valence-electron chi connectivity index (χ4n) is 3.37. The van der Waals surface area contributed by atoms with E-state index in [1.807, 2.05) is 54.6 Å². The van der Waals surface area contributed by atoms with E-state index in [-0.39, 0.29) is 0 Å². The highest BCUT2D eigenvalue weighted by atomic mass is 16.5. The molecular weight excluding hydrogens is 288 g/mol. The van der Waals surface area contributed by atoms with Gasteiger partial charge in [0.1, 0.15) is 17.5 Å². The molecule has 0 spiro atoms. The van der Waals surface area contributed by atoms with Gasteiger partial charge in [-0.1, -0.05) is 74.7 Å². The van der Waals surface area contributed by atoms with Crippen molar-refractivity contribution < 1.29 is 14.9 Å². The minimum absolute atomic E-state index is 0.510. The van der Waals surface area contributed by atoms with Crippen LogP contribution in [0.25, 0.3) is 0 Å². The van der Waals surface area contributed by atoms with E-state index in [9.17, 15) is 10.2 Å². The predicted molar refractivity (Wildman–Crippen MR) is 90.3 cm³/mol. The number of para-hydroxylation sites is 1. The minimum atomic E-state index is -1.31. The van der Waals surface area contributed by atoms with Crippen molar-refractivity contribution in [3.05, 3.63) is 65.7 Å². The van der Waals surface area contributed by atoms with Gasteiger partial charge in [-0.2, -0.15) is 0 Å². The monoisotopic (exact) mass is 312 g/mol. The molecule has 23 heavy (non-hydrogen) atoms. The van der Waals surface area contributed by atoms with E-state index >= 15 is 0 Å². The summed E-state index contributed by atoms with van der Waals surface area (Å²) in [6.45, 7) is 2.13. The third kappa shape index (κ3) is 2.99. The van der Waals surface area contributed by atoms with Crippen LogP contribution in [-0.2, 0) is 0 Å². The fraction of sp³-hybridized carbons (Fsp3) is 0.400. The number of aliphatic hydroxyl groups excluding tert-OH is 1. The number of hydrogen-bond acceptors (Lipinski definition) is 3. The second-order valence-electron chi connectivity index (χ2n) is 6.30. The Bertz CT molecular complexity index is 640. The molecule has 3 rings (SSSR count). The van der Waals surface area contributed by atoms with E-state index in [1.54, 1.807) is 0 Å². The Labute approximate surface area is 137 Å². The topological polar surface area (TPSA) is 49.7 Å². The maximum Gasteiger partial charge on any atom is 0.155 e. The quantitative estimate of drug-likeness (QED) is 0.815. The van der Waals surface area contributed by atoms with Crippen LogP contribution in [0.1, 0.15) is 55.9 Å². The van der Waals surface area contributed by atoms with Gasteiger partial charge in [-0.3, -0.25) is 0 Å². The summed E-state index contributed by atoms with van der Waals surface area (Å²) in [6.07, 6.45) is 1.95. The Hall–Kier alpha value is -1.84. The van der Waals surface area contributed by atoms with Crippen molar-refractivity contribution in [2.75, 3.05) is 0 Å². The number of benzene rings is 2. The first kappa shape index (κ1) is 16.0. The molecule has 0 saturated carbocycles. The van der Waals surface area contributed by atoms with Gasteiger partial charge >= 0.3 is 0 Å². The average Bonchev–Trinajstić information content (AvgIpc) is 2.59. The molecule has 0 amide bonds. The Morgan fingerprint density at radius 3 is 2.43 bits per heavy atom. The Kier molecular flexibility index (Phi) is 4.69. The van der Waals surface area contributed by atoms with E-state index in [2.05, 4.69) is 6.92 Å². The lowest BCUT2D eigenvalue weighted by atomic mass is 9.77. The predicted octanol–water partition coefficient (Wildman–Crippen LogP) is 4.17. The van der Waals surface area contributed by atoms with Crippen LogP contribution in [-0.4, -0.2) is 15.8 Å². The lowest BCUT2D eigenvalue weighted by Crippen LogP contribution is -2.48. The lowest BCUT2D eigenvalue weighted by molar-refractivity contribution is -0.161. The van der Waals surface area contributed by atoms with Crippen molar-refractivity contribution in [2.45, 2.75) is 50.4 Å². The van der Waals surface area contributed by atoms with Gasteiger partial charge < -0.3 is 14.9 Å². The first-order valence-corrected chi connectivity index (χ1v) is 8.38. The molecule has 2 aromatic carbocycles. The second kappa shape index (κ2) is 6.73. The molecule has 0 radical (unpaired) electrons. The normalized spacial score (nSPS) is 26.4. The summed E-state index contributed by atoms with van der Waals surface area (Å²) in [5, 5.41) is 22.2. The highest BCUT2D eigenvalue weighted by molar-refractivity contribution is 5.41. The number of hydrogen-bond donors (Lipinski definition) is 2. The molecular formula is C20H24O3. The third-order valence-electron chi connectivity index (χ3n) is 4.67. The highest BCUT2D eigenvalue weighted by Crippen LogP contribution is 2.49. The molecule has 1 aliphatic rings. The summed E-state index contributed by atoms with van der Waals surface area (Å²) in [7, 11) is 0. The van der Waals surface area contributed by atoms with Crippen LogP contribution in [0.15, 0.2) is 54.6 Å². The van der Waals surface area contributed by atoms with E-state index < -0.39 is 17.8 Å². The number of unbranched alkanes of at least 4 members (excludes halogenated alkanes) is 2. The van der Waals surface area contributed by atoms with Gasteiger partial charge in [-0.15, -0.1) is 0 Å².